The van der Waals surface area contributed by atoms with Crippen LogP contribution in [0.25, 0.3) is 0 Å². The smallest absolute Gasteiger partial charge is 0.166 e. The van der Waals surface area contributed by atoms with E-state index in [0.29, 0.717) is 18.6 Å². The lowest BCUT2D eigenvalue weighted by atomic mass is 10.0. The molecule has 0 bridgehead atoms. The normalized spacial score (nSPS) is 12.4. The van der Waals surface area contributed by atoms with Gasteiger partial charge in [0.15, 0.2) is 5.78 Å². The molecule has 0 amide bonds. The first-order chi connectivity index (χ1) is 8.20. The highest BCUT2D eigenvalue weighted by molar-refractivity contribution is 5.84. The number of benzene rings is 1. The summed E-state index contributed by atoms with van der Waals surface area (Å²) in [5.74, 6) is -0.427. The molecule has 0 saturated carbocycles. The van der Waals surface area contributed by atoms with Crippen LogP contribution in [0.3, 0.4) is 0 Å². The molecule has 0 aromatic heterocycles. The van der Waals surface area contributed by atoms with E-state index in [1.165, 1.54) is 6.07 Å². The Morgan fingerprint density at radius 1 is 1.29 bits per heavy atom. The standard InChI is InChI=1S/C14H19FO2/c1-3-7-13(16)14(17-10-4-2)11-8-5-6-9-12(11)15/h5-6,8-9,14H,3-4,7,10H2,1-2H3. The highest BCUT2D eigenvalue weighted by Crippen LogP contribution is 2.23. The molecule has 0 spiro atoms. The lowest BCUT2D eigenvalue weighted by molar-refractivity contribution is -0.131. The van der Waals surface area contributed by atoms with E-state index in [1.54, 1.807) is 18.2 Å². The molecule has 0 N–H and O–H groups in total. The summed E-state index contributed by atoms with van der Waals surface area (Å²) in [7, 11) is 0. The third kappa shape index (κ3) is 3.93. The Labute approximate surface area is 102 Å². The fourth-order valence-electron chi connectivity index (χ4n) is 1.66. The second-order valence-electron chi connectivity index (χ2n) is 3.99. The Morgan fingerprint density at radius 3 is 2.59 bits per heavy atom. The number of Topliss-reactive ketones (excluding diaryl/α,β-unsaturated/α-hetero) is 1. The Kier molecular flexibility index (Phi) is 5.84. The maximum absolute atomic E-state index is 13.6. The van der Waals surface area contributed by atoms with Gasteiger partial charge in [0.1, 0.15) is 11.9 Å². The first-order valence-corrected chi connectivity index (χ1v) is 6.09. The molecule has 0 aliphatic heterocycles. The van der Waals surface area contributed by atoms with Gasteiger partial charge in [-0.2, -0.15) is 0 Å². The second-order valence-corrected chi connectivity index (χ2v) is 3.99. The van der Waals surface area contributed by atoms with Gasteiger partial charge in [-0.1, -0.05) is 32.0 Å². The molecule has 94 valence electrons. The maximum Gasteiger partial charge on any atom is 0.166 e. The minimum atomic E-state index is -0.754. The summed E-state index contributed by atoms with van der Waals surface area (Å²) in [5, 5.41) is 0. The molecule has 0 heterocycles. The van der Waals surface area contributed by atoms with Crippen molar-refractivity contribution < 1.29 is 13.9 Å². The Balaban J connectivity index is 2.89. The molecule has 1 unspecified atom stereocenters. The first-order valence-electron chi connectivity index (χ1n) is 6.09. The summed E-state index contributed by atoms with van der Waals surface area (Å²) in [4.78, 5) is 11.9. The molecular formula is C14H19FO2. The van der Waals surface area contributed by atoms with E-state index in [-0.39, 0.29) is 11.6 Å². The minimum absolute atomic E-state index is 0.0500. The fourth-order valence-corrected chi connectivity index (χ4v) is 1.66. The van der Waals surface area contributed by atoms with Crippen LogP contribution in [-0.2, 0) is 9.53 Å². The molecule has 0 saturated heterocycles. The zero-order valence-corrected chi connectivity index (χ0v) is 10.4. The van der Waals surface area contributed by atoms with Crippen molar-refractivity contribution >= 4 is 5.78 Å². The Bertz CT molecular complexity index is 363. The van der Waals surface area contributed by atoms with Crippen LogP contribution in [0.15, 0.2) is 24.3 Å². The second kappa shape index (κ2) is 7.17. The highest BCUT2D eigenvalue weighted by atomic mass is 19.1. The van der Waals surface area contributed by atoms with Crippen molar-refractivity contribution in [3.8, 4) is 0 Å². The molecule has 1 aromatic rings. The van der Waals surface area contributed by atoms with Gasteiger partial charge in [-0.25, -0.2) is 4.39 Å². The summed E-state index contributed by atoms with van der Waals surface area (Å²) >= 11 is 0. The molecule has 2 nitrogen and oxygen atoms in total. The van der Waals surface area contributed by atoms with Gasteiger partial charge >= 0.3 is 0 Å². The third-order valence-corrected chi connectivity index (χ3v) is 2.47. The number of carbonyl (C=O) groups is 1. The molecule has 1 atom stereocenters. The zero-order valence-electron chi connectivity index (χ0n) is 10.4. The molecule has 0 aliphatic carbocycles. The molecule has 1 aromatic carbocycles. The van der Waals surface area contributed by atoms with E-state index in [4.69, 9.17) is 4.74 Å². The third-order valence-electron chi connectivity index (χ3n) is 2.47. The van der Waals surface area contributed by atoms with Gasteiger partial charge in [0.05, 0.1) is 0 Å². The summed E-state index contributed by atoms with van der Waals surface area (Å²) in [5.41, 5.74) is 0.347. The van der Waals surface area contributed by atoms with Gasteiger partial charge in [-0.15, -0.1) is 0 Å². The predicted octanol–water partition coefficient (Wildman–Crippen LogP) is 3.66. The fraction of sp³-hybridized carbons (Fsp3) is 0.500. The van der Waals surface area contributed by atoms with Crippen molar-refractivity contribution in [2.75, 3.05) is 6.61 Å². The Morgan fingerprint density at radius 2 is 2.00 bits per heavy atom. The van der Waals surface area contributed by atoms with Crippen LogP contribution in [0.5, 0.6) is 0 Å². The van der Waals surface area contributed by atoms with Gasteiger partial charge in [0.2, 0.25) is 0 Å². The van der Waals surface area contributed by atoms with Gasteiger partial charge in [0.25, 0.3) is 0 Å². The van der Waals surface area contributed by atoms with Crippen molar-refractivity contribution in [3.63, 3.8) is 0 Å². The van der Waals surface area contributed by atoms with Gasteiger partial charge in [-0.3, -0.25) is 4.79 Å². The summed E-state index contributed by atoms with van der Waals surface area (Å²) in [6.07, 6.45) is 1.22. The van der Waals surface area contributed by atoms with Crippen LogP contribution in [-0.4, -0.2) is 12.4 Å². The van der Waals surface area contributed by atoms with Gasteiger partial charge in [0, 0.05) is 18.6 Å². The number of halogens is 1. The first kappa shape index (κ1) is 13.8. The zero-order chi connectivity index (χ0) is 12.7. The van der Waals surface area contributed by atoms with Gasteiger partial charge < -0.3 is 4.74 Å². The average Bonchev–Trinajstić information content (AvgIpc) is 2.32. The van der Waals surface area contributed by atoms with Crippen molar-refractivity contribution in [1.82, 2.24) is 0 Å². The maximum atomic E-state index is 13.6. The number of hydrogen-bond donors (Lipinski definition) is 0. The van der Waals surface area contributed by atoms with Crippen LogP contribution in [0.4, 0.5) is 4.39 Å². The number of ketones is 1. The lowest BCUT2D eigenvalue weighted by Crippen LogP contribution is -2.17. The average molecular weight is 238 g/mol. The van der Waals surface area contributed by atoms with Gasteiger partial charge in [-0.05, 0) is 18.9 Å². The SMILES string of the molecule is CCCOC(C(=O)CCC)c1ccccc1F. The molecule has 1 rings (SSSR count). The van der Waals surface area contributed by atoms with Crippen LogP contribution in [0, 0.1) is 5.82 Å². The van der Waals surface area contributed by atoms with Crippen LogP contribution in [0.1, 0.15) is 44.8 Å². The number of hydrogen-bond acceptors (Lipinski definition) is 2. The van der Waals surface area contributed by atoms with Crippen molar-refractivity contribution in [2.45, 2.75) is 39.2 Å². The van der Waals surface area contributed by atoms with Crippen molar-refractivity contribution in [3.05, 3.63) is 35.6 Å². The molecule has 0 fully saturated rings. The van der Waals surface area contributed by atoms with E-state index in [9.17, 15) is 9.18 Å². The summed E-state index contributed by atoms with van der Waals surface area (Å²) in [6.45, 7) is 4.35. The lowest BCUT2D eigenvalue weighted by Gasteiger charge is -2.17. The predicted molar refractivity (Wildman–Crippen MR) is 65.3 cm³/mol. The molecule has 17 heavy (non-hydrogen) atoms. The quantitative estimate of drug-likeness (QED) is 0.724. The monoisotopic (exact) mass is 238 g/mol. The largest absolute Gasteiger partial charge is 0.366 e. The highest BCUT2D eigenvalue weighted by Gasteiger charge is 2.22. The van der Waals surface area contributed by atoms with E-state index < -0.39 is 6.10 Å². The summed E-state index contributed by atoms with van der Waals surface area (Å²) in [6, 6.07) is 6.31. The number of rotatable bonds is 7. The van der Waals surface area contributed by atoms with Crippen LogP contribution in [0.2, 0.25) is 0 Å². The number of ether oxygens (including phenoxy) is 1. The minimum Gasteiger partial charge on any atom is -0.366 e. The number of carbonyl (C=O) groups excluding carboxylic acids is 1. The van der Waals surface area contributed by atoms with Crippen LogP contribution >= 0.6 is 0 Å². The van der Waals surface area contributed by atoms with Crippen LogP contribution < -0.4 is 0 Å². The van der Waals surface area contributed by atoms with E-state index in [1.807, 2.05) is 13.8 Å². The van der Waals surface area contributed by atoms with E-state index in [0.717, 1.165) is 12.8 Å². The van der Waals surface area contributed by atoms with Crippen molar-refractivity contribution in [2.24, 2.45) is 0 Å². The van der Waals surface area contributed by atoms with Crippen molar-refractivity contribution in [1.29, 1.82) is 0 Å². The topological polar surface area (TPSA) is 26.3 Å². The molecule has 0 aliphatic rings. The molecule has 3 heteroatoms. The van der Waals surface area contributed by atoms with E-state index in [2.05, 4.69) is 0 Å². The molecular weight excluding hydrogens is 219 g/mol. The Hall–Kier alpha value is -1.22. The summed E-state index contributed by atoms with van der Waals surface area (Å²) < 4.78 is 19.1. The van der Waals surface area contributed by atoms with E-state index >= 15 is 0 Å². The molecule has 0 radical (unpaired) electrons.